The summed E-state index contributed by atoms with van der Waals surface area (Å²) >= 11 is 0. The summed E-state index contributed by atoms with van der Waals surface area (Å²) in [6, 6.07) is 8.05. The van der Waals surface area contributed by atoms with Gasteiger partial charge in [-0.05, 0) is 55.9 Å². The van der Waals surface area contributed by atoms with Gasteiger partial charge in [0.25, 0.3) is 0 Å². The van der Waals surface area contributed by atoms with Crippen molar-refractivity contribution in [1.82, 2.24) is 15.8 Å². The first-order valence-electron chi connectivity index (χ1n) is 11.3. The molecule has 166 valence electrons. The average Bonchev–Trinajstić information content (AvgIpc) is 3.35. The van der Waals surface area contributed by atoms with Crippen molar-refractivity contribution in [1.29, 1.82) is 0 Å². The first-order chi connectivity index (χ1) is 14.9. The van der Waals surface area contributed by atoms with Gasteiger partial charge in [-0.1, -0.05) is 25.0 Å². The van der Waals surface area contributed by atoms with Gasteiger partial charge in [0.1, 0.15) is 0 Å². The number of benzene rings is 1. The number of anilines is 1. The lowest BCUT2D eigenvalue weighted by atomic mass is 9.88. The summed E-state index contributed by atoms with van der Waals surface area (Å²) in [5.41, 5.74) is 8.01. The topological polar surface area (TPSA) is 104 Å². The van der Waals surface area contributed by atoms with Gasteiger partial charge in [0.15, 0.2) is 0 Å². The van der Waals surface area contributed by atoms with Gasteiger partial charge < -0.3 is 31.0 Å². The van der Waals surface area contributed by atoms with E-state index in [1.807, 2.05) is 25.1 Å². The highest BCUT2D eigenvalue weighted by molar-refractivity contribution is 5.65. The maximum absolute atomic E-state index is 13.1. The molecule has 1 aromatic rings. The molecule has 1 aromatic carbocycles. The molecule has 2 fully saturated rings. The summed E-state index contributed by atoms with van der Waals surface area (Å²) in [4.78, 5) is 11.2. The van der Waals surface area contributed by atoms with E-state index in [1.54, 1.807) is 0 Å². The van der Waals surface area contributed by atoms with E-state index < -0.39 is 6.09 Å². The Morgan fingerprint density at radius 1 is 1.26 bits per heavy atom. The summed E-state index contributed by atoms with van der Waals surface area (Å²) < 4.78 is 0. The number of hydrazine groups is 1. The average molecular weight is 426 g/mol. The molecule has 0 aromatic heterocycles. The van der Waals surface area contributed by atoms with Crippen LogP contribution in [0.5, 0.6) is 0 Å². The Morgan fingerprint density at radius 2 is 2.03 bits per heavy atom. The second kappa shape index (κ2) is 7.85. The number of quaternary nitrogens is 1. The number of rotatable bonds is 5. The van der Waals surface area contributed by atoms with Crippen LogP contribution in [0.3, 0.4) is 0 Å². The van der Waals surface area contributed by atoms with Crippen molar-refractivity contribution in [3.05, 3.63) is 58.2 Å². The molecule has 5 N–H and O–H groups in total. The minimum absolute atomic E-state index is 0.00586. The summed E-state index contributed by atoms with van der Waals surface area (Å²) in [7, 11) is 0. The molecule has 0 radical (unpaired) electrons. The molecule has 2 aliphatic heterocycles. The molecule has 2 heterocycles. The van der Waals surface area contributed by atoms with Crippen LogP contribution >= 0.6 is 0 Å². The highest BCUT2D eigenvalue weighted by Gasteiger charge is 2.55. The monoisotopic (exact) mass is 425 g/mol. The van der Waals surface area contributed by atoms with E-state index in [9.17, 15) is 15.1 Å². The molecule has 0 bridgehead atoms. The molecule has 1 amide bonds. The van der Waals surface area contributed by atoms with Crippen LogP contribution in [-0.2, 0) is 0 Å². The van der Waals surface area contributed by atoms with Crippen LogP contribution in [0, 0.1) is 17.5 Å². The fourth-order valence-corrected chi connectivity index (χ4v) is 5.39. The quantitative estimate of drug-likeness (QED) is 0.463. The largest absolute Gasteiger partial charge is 0.628 e. The van der Waals surface area contributed by atoms with Crippen LogP contribution in [0.1, 0.15) is 44.1 Å². The molecule has 1 spiro atoms. The highest BCUT2D eigenvalue weighted by Crippen LogP contribution is 2.56. The molecule has 5 rings (SSSR count). The Kier molecular flexibility index (Phi) is 5.16. The molecule has 1 unspecified atom stereocenters. The number of hydrogen-bond acceptors (Lipinski definition) is 5. The van der Waals surface area contributed by atoms with Gasteiger partial charge in [0.05, 0.1) is 18.7 Å². The van der Waals surface area contributed by atoms with E-state index >= 15 is 0 Å². The summed E-state index contributed by atoms with van der Waals surface area (Å²) in [6.07, 6.45) is 7.23. The Balaban J connectivity index is 1.39. The van der Waals surface area contributed by atoms with Crippen LogP contribution in [-0.4, -0.2) is 41.4 Å². The van der Waals surface area contributed by atoms with E-state index in [1.165, 1.54) is 5.57 Å². The van der Waals surface area contributed by atoms with Crippen molar-refractivity contribution in [3.8, 4) is 0 Å². The number of nitrogens with zero attached hydrogens (tertiary/aromatic N) is 1. The maximum Gasteiger partial charge on any atom is 0.404 e. The molecular formula is C23H31N5O3. The number of amides is 1. The van der Waals surface area contributed by atoms with Crippen LogP contribution in [0.25, 0.3) is 0 Å². The van der Waals surface area contributed by atoms with E-state index in [4.69, 9.17) is 0 Å². The highest BCUT2D eigenvalue weighted by atomic mass is 16.5. The van der Waals surface area contributed by atoms with Gasteiger partial charge in [-0.15, -0.1) is 0 Å². The molecule has 2 aliphatic carbocycles. The Labute approximate surface area is 182 Å². The molecule has 3 atom stereocenters. The third kappa shape index (κ3) is 4.03. The van der Waals surface area contributed by atoms with Gasteiger partial charge >= 0.3 is 6.09 Å². The first kappa shape index (κ1) is 20.4. The zero-order valence-corrected chi connectivity index (χ0v) is 17.9. The van der Waals surface area contributed by atoms with Crippen molar-refractivity contribution >= 4 is 11.8 Å². The van der Waals surface area contributed by atoms with Gasteiger partial charge in [-0.25, -0.2) is 10.2 Å². The van der Waals surface area contributed by atoms with Crippen LogP contribution in [0.4, 0.5) is 10.5 Å². The number of carboxylic acid groups (broad SMARTS) is 1. The van der Waals surface area contributed by atoms with E-state index in [0.29, 0.717) is 18.9 Å². The number of aryl methyl sites for hydroxylation is 1. The van der Waals surface area contributed by atoms with Gasteiger partial charge in [-0.2, -0.15) is 0 Å². The molecule has 2 saturated carbocycles. The minimum Gasteiger partial charge on any atom is -0.628 e. The predicted molar refractivity (Wildman–Crippen MR) is 118 cm³/mol. The zero-order valence-electron chi connectivity index (χ0n) is 17.9. The number of hydrogen-bond donors (Lipinski definition) is 5. The second-order valence-corrected chi connectivity index (χ2v) is 9.48. The van der Waals surface area contributed by atoms with Crippen LogP contribution in [0.15, 0.2) is 47.4 Å². The van der Waals surface area contributed by atoms with Crippen molar-refractivity contribution in [2.24, 2.45) is 5.41 Å². The van der Waals surface area contributed by atoms with Gasteiger partial charge in [0.2, 0.25) is 5.82 Å². The third-order valence-electron chi connectivity index (χ3n) is 7.14. The fourth-order valence-electron chi connectivity index (χ4n) is 5.39. The van der Waals surface area contributed by atoms with Crippen LogP contribution < -0.4 is 21.1 Å². The molecular weight excluding hydrogens is 394 g/mol. The number of carbonyl (C=O) groups is 1. The first-order valence-corrected chi connectivity index (χ1v) is 11.3. The van der Waals surface area contributed by atoms with Gasteiger partial charge in [-0.3, -0.25) is 0 Å². The summed E-state index contributed by atoms with van der Waals surface area (Å²) in [5.74, 6) is 0.711. The van der Waals surface area contributed by atoms with E-state index in [0.717, 1.165) is 55.3 Å². The molecule has 0 saturated heterocycles. The third-order valence-corrected chi connectivity index (χ3v) is 7.14. The summed E-state index contributed by atoms with van der Waals surface area (Å²) in [6.45, 7) is 3.23. The molecule has 8 heteroatoms. The number of nitrogens with one attached hydrogen (secondary N) is 4. The number of hydroxylamine groups is 2. The fraction of sp³-hybridized carbons (Fsp3) is 0.522. The minimum atomic E-state index is -0.970. The van der Waals surface area contributed by atoms with Gasteiger partial charge in [0, 0.05) is 29.4 Å². The van der Waals surface area contributed by atoms with Crippen molar-refractivity contribution in [2.45, 2.75) is 57.5 Å². The lowest BCUT2D eigenvalue weighted by Crippen LogP contribution is -3.08. The second-order valence-electron chi connectivity index (χ2n) is 9.48. The zero-order chi connectivity index (χ0) is 21.6. The summed E-state index contributed by atoms with van der Waals surface area (Å²) in [5, 5.41) is 30.6. The van der Waals surface area contributed by atoms with E-state index in [-0.39, 0.29) is 22.6 Å². The lowest BCUT2D eigenvalue weighted by molar-refractivity contribution is -0.812. The van der Waals surface area contributed by atoms with Crippen LogP contribution in [0.2, 0.25) is 0 Å². The normalized spacial score (nSPS) is 28.9. The molecule has 4 aliphatic rings. The van der Waals surface area contributed by atoms with Crippen molar-refractivity contribution < 1.29 is 15.0 Å². The molecule has 31 heavy (non-hydrogen) atoms. The Bertz CT molecular complexity index is 939. The number of fused-ring (bicyclic) bond motifs is 2. The molecule has 8 nitrogen and oxygen atoms in total. The Morgan fingerprint density at radius 3 is 2.74 bits per heavy atom. The standard InChI is InChI=1S/C23H31N5O3/c1-15-5-4-6-16(11-15)24-21-17-12-27(13-18(17)23(9-10-23)14-28(21)31)26-20-8-3-2-7-19(20)25-22(29)30/h4-6,11,13,19-20,24-26,28H,2-3,7-10,12,14H2,1H3,(H,29,30)/t19-,20+/m0/s1. The van der Waals surface area contributed by atoms with Crippen molar-refractivity contribution in [3.63, 3.8) is 0 Å². The Hall–Kier alpha value is -2.55. The lowest BCUT2D eigenvalue weighted by Gasteiger charge is -2.36. The smallest absolute Gasteiger partial charge is 0.404 e. The van der Waals surface area contributed by atoms with E-state index in [2.05, 4.69) is 33.3 Å². The predicted octanol–water partition coefficient (Wildman–Crippen LogP) is 2.08. The van der Waals surface area contributed by atoms with Crippen molar-refractivity contribution in [2.75, 3.05) is 18.4 Å². The maximum atomic E-state index is 13.1. The SMILES string of the molecule is Cc1cccc(NC2=C3CN(N[C@@H]4CCCC[C@@H]4NC(=O)O)C=C3C3(CC3)C[NH+]2[O-])c1.